The number of hydrogen-bond acceptors (Lipinski definition) is 6. The quantitative estimate of drug-likeness (QED) is 0.690. The molecule has 8 nitrogen and oxygen atoms in total. The largest absolute Gasteiger partial charge is 0.449 e. The number of ether oxygens (including phenoxy) is 1. The molecule has 1 amide bonds. The number of hydrogen-bond donors (Lipinski definition) is 1. The third-order valence-corrected chi connectivity index (χ3v) is 3.90. The van der Waals surface area contributed by atoms with E-state index >= 15 is 0 Å². The highest BCUT2D eigenvalue weighted by Crippen LogP contribution is 2.15. The van der Waals surface area contributed by atoms with E-state index in [1.807, 2.05) is 6.92 Å². The van der Waals surface area contributed by atoms with E-state index in [2.05, 4.69) is 20.6 Å². The molecule has 26 heavy (non-hydrogen) atoms. The number of nitrogens with zero attached hydrogens (tertiary/aromatic N) is 4. The smallest absolute Gasteiger partial charge is 0.338 e. The molecule has 0 saturated heterocycles. The van der Waals surface area contributed by atoms with Gasteiger partial charge in [0.1, 0.15) is 11.3 Å². The van der Waals surface area contributed by atoms with Gasteiger partial charge in [-0.25, -0.2) is 14.5 Å². The summed E-state index contributed by atoms with van der Waals surface area (Å²) in [6.45, 7) is 4.11. The number of carbonyl (C=O) groups excluding carboxylic acids is 2. The molecule has 0 saturated carbocycles. The summed E-state index contributed by atoms with van der Waals surface area (Å²) in [5, 5.41) is 11.0. The second kappa shape index (κ2) is 7.49. The van der Waals surface area contributed by atoms with Gasteiger partial charge < -0.3 is 10.1 Å². The number of benzene rings is 1. The monoisotopic (exact) mass is 373 g/mol. The van der Waals surface area contributed by atoms with E-state index in [0.29, 0.717) is 28.5 Å². The lowest BCUT2D eigenvalue weighted by atomic mass is 10.2. The van der Waals surface area contributed by atoms with Crippen LogP contribution in [0.5, 0.6) is 0 Å². The standard InChI is InChI=1S/C17H16ClN5O3/c1-3-23-14-6-4-11(8-13(14)21-22-23)17(25)26-10(2)16(24)20-15-7-5-12(18)9-19-15/h4-10H,3H2,1-2H3,(H,19,20,24)/t10-/m1/s1. The average molecular weight is 374 g/mol. The number of nitrogens with one attached hydrogen (secondary N) is 1. The molecule has 0 aliphatic carbocycles. The third kappa shape index (κ3) is 3.80. The topological polar surface area (TPSA) is 99.0 Å². The summed E-state index contributed by atoms with van der Waals surface area (Å²) in [6, 6.07) is 8.10. The van der Waals surface area contributed by atoms with Crippen molar-refractivity contribution in [3.63, 3.8) is 0 Å². The van der Waals surface area contributed by atoms with Gasteiger partial charge in [0, 0.05) is 12.7 Å². The Kier molecular flexibility index (Phi) is 5.13. The van der Waals surface area contributed by atoms with E-state index in [0.717, 1.165) is 5.52 Å². The SMILES string of the molecule is CCn1nnc2cc(C(=O)O[C@H](C)C(=O)Nc3ccc(Cl)cn3)ccc21. The minimum atomic E-state index is -0.998. The predicted octanol–water partition coefficient (Wildman–Crippen LogP) is 2.68. The number of fused-ring (bicyclic) bond motifs is 1. The van der Waals surface area contributed by atoms with E-state index < -0.39 is 18.0 Å². The summed E-state index contributed by atoms with van der Waals surface area (Å²) in [7, 11) is 0. The van der Waals surface area contributed by atoms with Crippen LogP contribution >= 0.6 is 11.6 Å². The van der Waals surface area contributed by atoms with Crippen molar-refractivity contribution < 1.29 is 14.3 Å². The Hall–Kier alpha value is -3.00. The second-order valence-electron chi connectivity index (χ2n) is 5.51. The van der Waals surface area contributed by atoms with Crippen LogP contribution in [-0.4, -0.2) is 38.0 Å². The summed E-state index contributed by atoms with van der Waals surface area (Å²) >= 11 is 5.74. The first-order valence-electron chi connectivity index (χ1n) is 7.94. The Bertz CT molecular complexity index is 955. The highest BCUT2D eigenvalue weighted by atomic mass is 35.5. The first kappa shape index (κ1) is 17.8. The average Bonchev–Trinajstić information content (AvgIpc) is 3.05. The first-order valence-corrected chi connectivity index (χ1v) is 8.32. The number of esters is 1. The van der Waals surface area contributed by atoms with Gasteiger partial charge in [0.2, 0.25) is 0 Å². The van der Waals surface area contributed by atoms with Crippen molar-refractivity contribution in [1.29, 1.82) is 0 Å². The highest BCUT2D eigenvalue weighted by Gasteiger charge is 2.20. The number of aromatic nitrogens is 4. The summed E-state index contributed by atoms with van der Waals surface area (Å²) in [6.07, 6.45) is 0.411. The third-order valence-electron chi connectivity index (χ3n) is 3.68. The maximum Gasteiger partial charge on any atom is 0.338 e. The molecule has 0 bridgehead atoms. The molecule has 3 rings (SSSR count). The molecule has 1 N–H and O–H groups in total. The normalized spacial score (nSPS) is 12.0. The molecular formula is C17H16ClN5O3. The lowest BCUT2D eigenvalue weighted by Gasteiger charge is -2.13. The number of pyridine rings is 1. The maximum atomic E-state index is 12.3. The molecule has 9 heteroatoms. The molecule has 134 valence electrons. The molecule has 1 aromatic carbocycles. The molecular weight excluding hydrogens is 358 g/mol. The van der Waals surface area contributed by atoms with Crippen LogP contribution in [0, 0.1) is 0 Å². The van der Waals surface area contributed by atoms with Gasteiger partial charge in [-0.15, -0.1) is 5.10 Å². The van der Waals surface area contributed by atoms with E-state index in [4.69, 9.17) is 16.3 Å². The summed E-state index contributed by atoms with van der Waals surface area (Å²) in [4.78, 5) is 28.4. The van der Waals surface area contributed by atoms with Gasteiger partial charge in [0.15, 0.2) is 6.10 Å². The van der Waals surface area contributed by atoms with Crippen molar-refractivity contribution in [3.8, 4) is 0 Å². The number of anilines is 1. The van der Waals surface area contributed by atoms with Crippen molar-refractivity contribution in [1.82, 2.24) is 20.0 Å². The van der Waals surface area contributed by atoms with Crippen LogP contribution in [0.3, 0.4) is 0 Å². The van der Waals surface area contributed by atoms with E-state index in [1.165, 1.54) is 13.1 Å². The number of halogens is 1. The molecule has 0 aliphatic heterocycles. The minimum absolute atomic E-state index is 0.296. The minimum Gasteiger partial charge on any atom is -0.449 e. The van der Waals surface area contributed by atoms with Crippen LogP contribution in [0.25, 0.3) is 11.0 Å². The van der Waals surface area contributed by atoms with Gasteiger partial charge in [-0.1, -0.05) is 16.8 Å². The van der Waals surface area contributed by atoms with Crippen molar-refractivity contribution in [2.24, 2.45) is 0 Å². The summed E-state index contributed by atoms with van der Waals surface area (Å²) in [5.41, 5.74) is 1.71. The molecule has 0 unspecified atom stereocenters. The zero-order chi connectivity index (χ0) is 18.7. The van der Waals surface area contributed by atoms with Crippen molar-refractivity contribution in [2.75, 3.05) is 5.32 Å². The molecule has 2 heterocycles. The van der Waals surface area contributed by atoms with Crippen molar-refractivity contribution in [2.45, 2.75) is 26.5 Å². The number of amides is 1. The fourth-order valence-electron chi connectivity index (χ4n) is 2.29. The molecule has 1 atom stereocenters. The first-order chi connectivity index (χ1) is 12.5. The van der Waals surface area contributed by atoms with Crippen LogP contribution in [0.4, 0.5) is 5.82 Å². The van der Waals surface area contributed by atoms with Gasteiger partial charge in [-0.05, 0) is 44.2 Å². The molecule has 0 fully saturated rings. The van der Waals surface area contributed by atoms with Crippen LogP contribution in [0.1, 0.15) is 24.2 Å². The van der Waals surface area contributed by atoms with E-state index in [1.54, 1.807) is 35.0 Å². The fourth-order valence-corrected chi connectivity index (χ4v) is 2.40. The van der Waals surface area contributed by atoms with Crippen LogP contribution in [0.2, 0.25) is 5.02 Å². The highest BCUT2D eigenvalue weighted by molar-refractivity contribution is 6.30. The Balaban J connectivity index is 1.66. The Morgan fingerprint density at radius 2 is 2.12 bits per heavy atom. The Morgan fingerprint density at radius 1 is 1.31 bits per heavy atom. The molecule has 0 radical (unpaired) electrons. The molecule has 3 aromatic rings. The predicted molar refractivity (Wildman–Crippen MR) is 96.0 cm³/mol. The van der Waals surface area contributed by atoms with Crippen molar-refractivity contribution >= 4 is 40.3 Å². The van der Waals surface area contributed by atoms with Gasteiger partial charge in [-0.3, -0.25) is 4.79 Å². The summed E-state index contributed by atoms with van der Waals surface area (Å²) in [5.74, 6) is -0.796. The second-order valence-corrected chi connectivity index (χ2v) is 5.94. The Labute approximate surface area is 154 Å². The van der Waals surface area contributed by atoms with Crippen LogP contribution < -0.4 is 5.32 Å². The number of rotatable bonds is 5. The zero-order valence-electron chi connectivity index (χ0n) is 14.1. The van der Waals surface area contributed by atoms with Crippen LogP contribution in [-0.2, 0) is 16.1 Å². The maximum absolute atomic E-state index is 12.3. The molecule has 2 aromatic heterocycles. The summed E-state index contributed by atoms with van der Waals surface area (Å²) < 4.78 is 6.94. The lowest BCUT2D eigenvalue weighted by Crippen LogP contribution is -2.30. The number of carbonyl (C=O) groups is 2. The van der Waals surface area contributed by atoms with Crippen molar-refractivity contribution in [3.05, 3.63) is 47.1 Å². The van der Waals surface area contributed by atoms with Gasteiger partial charge in [-0.2, -0.15) is 0 Å². The molecule has 0 aliphatic rings. The lowest BCUT2D eigenvalue weighted by molar-refractivity contribution is -0.123. The fraction of sp³-hybridized carbons (Fsp3) is 0.235. The van der Waals surface area contributed by atoms with E-state index in [-0.39, 0.29) is 0 Å². The van der Waals surface area contributed by atoms with Gasteiger partial charge in [0.25, 0.3) is 5.91 Å². The molecule has 0 spiro atoms. The number of aryl methyl sites for hydroxylation is 1. The van der Waals surface area contributed by atoms with Gasteiger partial charge in [0.05, 0.1) is 16.1 Å². The van der Waals surface area contributed by atoms with Gasteiger partial charge >= 0.3 is 5.97 Å². The zero-order valence-corrected chi connectivity index (χ0v) is 14.9. The van der Waals surface area contributed by atoms with Crippen LogP contribution in [0.15, 0.2) is 36.5 Å². The van der Waals surface area contributed by atoms with E-state index in [9.17, 15) is 9.59 Å². The Morgan fingerprint density at radius 3 is 2.81 bits per heavy atom.